The summed E-state index contributed by atoms with van der Waals surface area (Å²) in [5.41, 5.74) is 1.06. The lowest BCUT2D eigenvalue weighted by Crippen LogP contribution is -2.25. The van der Waals surface area contributed by atoms with E-state index in [1.807, 2.05) is 30.3 Å². The molecule has 15 heavy (non-hydrogen) atoms. The third-order valence-electron chi connectivity index (χ3n) is 2.65. The first-order chi connectivity index (χ1) is 7.17. The maximum Gasteiger partial charge on any atom is 0.152 e. The van der Waals surface area contributed by atoms with E-state index in [0.29, 0.717) is 12.2 Å². The molecule has 82 valence electrons. The van der Waals surface area contributed by atoms with E-state index >= 15 is 0 Å². The molecule has 0 bridgehead atoms. The Bertz CT molecular complexity index is 413. The Morgan fingerprint density at radius 1 is 1.20 bits per heavy atom. The lowest BCUT2D eigenvalue weighted by Gasteiger charge is -2.15. The Balaban J connectivity index is 2.22. The number of nitrogens with one attached hydrogen (secondary N) is 1. The van der Waals surface area contributed by atoms with Crippen molar-refractivity contribution in [1.82, 2.24) is 5.32 Å². The van der Waals surface area contributed by atoms with Gasteiger partial charge >= 0.3 is 0 Å². The topological polar surface area (TPSA) is 46.2 Å². The van der Waals surface area contributed by atoms with Crippen LogP contribution in [0.4, 0.5) is 0 Å². The Labute approximate surface area is 90.4 Å². The van der Waals surface area contributed by atoms with E-state index in [2.05, 4.69) is 5.32 Å². The van der Waals surface area contributed by atoms with Gasteiger partial charge in [0.2, 0.25) is 0 Å². The summed E-state index contributed by atoms with van der Waals surface area (Å²) in [6.07, 6.45) is 0.714. The second kappa shape index (κ2) is 4.33. The highest BCUT2D eigenvalue weighted by Crippen LogP contribution is 2.17. The third-order valence-corrected chi connectivity index (χ3v) is 4.40. The molecule has 1 aromatic carbocycles. The zero-order valence-corrected chi connectivity index (χ0v) is 9.33. The largest absolute Gasteiger partial charge is 0.309 e. The molecule has 0 saturated carbocycles. The van der Waals surface area contributed by atoms with Gasteiger partial charge in [-0.1, -0.05) is 30.3 Å². The summed E-state index contributed by atoms with van der Waals surface area (Å²) in [4.78, 5) is 0. The van der Waals surface area contributed by atoms with E-state index in [1.165, 1.54) is 0 Å². The molecular formula is C11H15NO2S. The van der Waals surface area contributed by atoms with Crippen molar-refractivity contribution >= 4 is 9.84 Å². The first-order valence-corrected chi connectivity index (χ1v) is 6.98. The summed E-state index contributed by atoms with van der Waals surface area (Å²) in [6, 6.07) is 9.72. The highest BCUT2D eigenvalue weighted by atomic mass is 32.2. The Hall–Kier alpha value is -0.870. The number of hydrogen-bond acceptors (Lipinski definition) is 3. The molecule has 0 aliphatic carbocycles. The van der Waals surface area contributed by atoms with Crippen LogP contribution in [0.15, 0.2) is 30.3 Å². The minimum Gasteiger partial charge on any atom is -0.309 e. The molecule has 0 radical (unpaired) electrons. The normalized spacial score (nSPS) is 25.7. The van der Waals surface area contributed by atoms with Crippen LogP contribution in [-0.4, -0.2) is 26.5 Å². The molecule has 1 unspecified atom stereocenters. The van der Waals surface area contributed by atoms with E-state index in [4.69, 9.17) is 0 Å². The molecule has 3 nitrogen and oxygen atoms in total. The van der Waals surface area contributed by atoms with Crippen LogP contribution in [-0.2, 0) is 9.84 Å². The van der Waals surface area contributed by atoms with Gasteiger partial charge in [0.25, 0.3) is 0 Å². The van der Waals surface area contributed by atoms with Crippen LogP contribution in [0.2, 0.25) is 0 Å². The number of rotatable bonds is 1. The van der Waals surface area contributed by atoms with Crippen LogP contribution >= 0.6 is 0 Å². The van der Waals surface area contributed by atoms with Gasteiger partial charge in [-0.3, -0.25) is 0 Å². The average Bonchev–Trinajstić information content (AvgIpc) is 2.41. The summed E-state index contributed by atoms with van der Waals surface area (Å²) < 4.78 is 23.2. The molecule has 0 amide bonds. The van der Waals surface area contributed by atoms with Gasteiger partial charge < -0.3 is 5.32 Å². The van der Waals surface area contributed by atoms with E-state index in [1.54, 1.807) is 0 Å². The number of sulfone groups is 1. The molecule has 1 N–H and O–H groups in total. The summed E-state index contributed by atoms with van der Waals surface area (Å²) in [5, 5.41) is 3.27. The van der Waals surface area contributed by atoms with Crippen LogP contribution in [0.5, 0.6) is 0 Å². The molecule has 1 aromatic rings. The molecule has 1 fully saturated rings. The third kappa shape index (κ3) is 2.79. The lowest BCUT2D eigenvalue weighted by molar-refractivity contribution is 0.572. The molecule has 1 atom stereocenters. The van der Waals surface area contributed by atoms with E-state index in [0.717, 1.165) is 12.1 Å². The number of hydrogen-bond donors (Lipinski definition) is 1. The average molecular weight is 225 g/mol. The van der Waals surface area contributed by atoms with Crippen LogP contribution < -0.4 is 5.32 Å². The summed E-state index contributed by atoms with van der Waals surface area (Å²) >= 11 is 0. The SMILES string of the molecule is O=S1(=O)CCCNC(c2ccccc2)C1. The predicted molar refractivity (Wildman–Crippen MR) is 60.5 cm³/mol. The zero-order chi connectivity index (χ0) is 10.7. The van der Waals surface area contributed by atoms with Crippen molar-refractivity contribution in [3.63, 3.8) is 0 Å². The summed E-state index contributed by atoms with van der Waals surface area (Å²) in [6.45, 7) is 0.777. The second-order valence-electron chi connectivity index (χ2n) is 3.89. The molecule has 0 spiro atoms. The predicted octanol–water partition coefficient (Wildman–Crippen LogP) is 1.14. The molecule has 2 rings (SSSR count). The smallest absolute Gasteiger partial charge is 0.152 e. The highest BCUT2D eigenvalue weighted by Gasteiger charge is 2.23. The van der Waals surface area contributed by atoms with Gasteiger partial charge in [0.05, 0.1) is 11.5 Å². The minimum absolute atomic E-state index is 0.0429. The van der Waals surface area contributed by atoms with Crippen molar-refractivity contribution in [3.8, 4) is 0 Å². The fourth-order valence-corrected chi connectivity index (χ4v) is 3.43. The zero-order valence-electron chi connectivity index (χ0n) is 8.52. The maximum atomic E-state index is 11.6. The fourth-order valence-electron chi connectivity index (χ4n) is 1.86. The monoisotopic (exact) mass is 225 g/mol. The van der Waals surface area contributed by atoms with E-state index < -0.39 is 9.84 Å². The maximum absolute atomic E-state index is 11.6. The van der Waals surface area contributed by atoms with Crippen molar-refractivity contribution in [2.75, 3.05) is 18.1 Å². The quantitative estimate of drug-likeness (QED) is 0.779. The van der Waals surface area contributed by atoms with Crippen LogP contribution in [0.25, 0.3) is 0 Å². The first kappa shape index (κ1) is 10.6. The van der Waals surface area contributed by atoms with Crippen molar-refractivity contribution < 1.29 is 8.42 Å². The molecule has 1 heterocycles. The molecule has 1 aliphatic rings. The van der Waals surface area contributed by atoms with Crippen LogP contribution in [0, 0.1) is 0 Å². The molecular weight excluding hydrogens is 210 g/mol. The van der Waals surface area contributed by atoms with Crippen molar-refractivity contribution in [1.29, 1.82) is 0 Å². The Morgan fingerprint density at radius 2 is 1.93 bits per heavy atom. The van der Waals surface area contributed by atoms with Gasteiger partial charge in [-0.25, -0.2) is 8.42 Å². The Morgan fingerprint density at radius 3 is 2.67 bits per heavy atom. The van der Waals surface area contributed by atoms with E-state index in [9.17, 15) is 8.42 Å². The fraction of sp³-hybridized carbons (Fsp3) is 0.455. The lowest BCUT2D eigenvalue weighted by atomic mass is 10.1. The van der Waals surface area contributed by atoms with Gasteiger partial charge in [-0.05, 0) is 18.5 Å². The second-order valence-corrected chi connectivity index (χ2v) is 6.11. The van der Waals surface area contributed by atoms with Crippen LogP contribution in [0.1, 0.15) is 18.0 Å². The van der Waals surface area contributed by atoms with Crippen molar-refractivity contribution in [2.24, 2.45) is 0 Å². The summed E-state index contributed by atoms with van der Waals surface area (Å²) in [7, 11) is -2.88. The van der Waals surface area contributed by atoms with Gasteiger partial charge in [0.1, 0.15) is 0 Å². The van der Waals surface area contributed by atoms with Gasteiger partial charge in [-0.15, -0.1) is 0 Å². The molecule has 1 aliphatic heterocycles. The van der Waals surface area contributed by atoms with E-state index in [-0.39, 0.29) is 11.8 Å². The minimum atomic E-state index is -2.88. The molecule has 0 aromatic heterocycles. The van der Waals surface area contributed by atoms with Gasteiger partial charge in [0, 0.05) is 6.04 Å². The van der Waals surface area contributed by atoms with Gasteiger partial charge in [0.15, 0.2) is 9.84 Å². The number of benzene rings is 1. The van der Waals surface area contributed by atoms with Gasteiger partial charge in [-0.2, -0.15) is 0 Å². The molecule has 4 heteroatoms. The van der Waals surface area contributed by atoms with Crippen molar-refractivity contribution in [2.45, 2.75) is 12.5 Å². The van der Waals surface area contributed by atoms with Crippen molar-refractivity contribution in [3.05, 3.63) is 35.9 Å². The summed E-state index contributed by atoms with van der Waals surface area (Å²) in [5.74, 6) is 0.528. The standard InChI is InChI=1S/C11H15NO2S/c13-15(14)8-4-7-12-11(9-15)10-5-2-1-3-6-10/h1-3,5-6,11-12H,4,7-9H2. The molecule has 1 saturated heterocycles. The Kier molecular flexibility index (Phi) is 3.07. The first-order valence-electron chi connectivity index (χ1n) is 5.16. The van der Waals surface area contributed by atoms with Crippen LogP contribution in [0.3, 0.4) is 0 Å². The highest BCUT2D eigenvalue weighted by molar-refractivity contribution is 7.91.